The number of rotatable bonds is 4. The number of sulfonamides is 1. The SMILES string of the molecule is CCC(=O)N1CCN(S(=O)(=O)Cc2cccc(C)c2)CC1. The highest BCUT2D eigenvalue weighted by Crippen LogP contribution is 2.15. The molecule has 0 spiro atoms. The van der Waals surface area contributed by atoms with Gasteiger partial charge in [0.05, 0.1) is 5.75 Å². The van der Waals surface area contributed by atoms with Gasteiger partial charge in [-0.2, -0.15) is 4.31 Å². The van der Waals surface area contributed by atoms with Gasteiger partial charge in [-0.15, -0.1) is 0 Å². The molecule has 0 N–H and O–H groups in total. The van der Waals surface area contributed by atoms with Gasteiger partial charge >= 0.3 is 0 Å². The van der Waals surface area contributed by atoms with Crippen LogP contribution >= 0.6 is 0 Å². The molecule has 116 valence electrons. The summed E-state index contributed by atoms with van der Waals surface area (Å²) >= 11 is 0. The molecule has 1 amide bonds. The van der Waals surface area contributed by atoms with Crippen LogP contribution in [0.2, 0.25) is 0 Å². The maximum absolute atomic E-state index is 12.4. The minimum atomic E-state index is -3.31. The van der Waals surface area contributed by atoms with E-state index in [1.165, 1.54) is 4.31 Å². The molecule has 21 heavy (non-hydrogen) atoms. The third kappa shape index (κ3) is 4.04. The Morgan fingerprint density at radius 2 is 1.86 bits per heavy atom. The second-order valence-corrected chi connectivity index (χ2v) is 7.35. The molecule has 1 aliphatic rings. The molecule has 0 aromatic heterocycles. The fraction of sp³-hybridized carbons (Fsp3) is 0.533. The van der Waals surface area contributed by atoms with E-state index < -0.39 is 10.0 Å². The van der Waals surface area contributed by atoms with Crippen molar-refractivity contribution in [3.05, 3.63) is 35.4 Å². The molecule has 1 aromatic rings. The standard InChI is InChI=1S/C15H22N2O3S/c1-3-15(18)16-7-9-17(10-8-16)21(19,20)12-14-6-4-5-13(2)11-14/h4-6,11H,3,7-10,12H2,1-2H3. The lowest BCUT2D eigenvalue weighted by Crippen LogP contribution is -2.50. The Morgan fingerprint density at radius 1 is 1.19 bits per heavy atom. The van der Waals surface area contributed by atoms with Gasteiger partial charge in [0, 0.05) is 32.6 Å². The first kappa shape index (κ1) is 16.0. The molecule has 1 fully saturated rings. The van der Waals surface area contributed by atoms with Crippen LogP contribution in [0.5, 0.6) is 0 Å². The maximum Gasteiger partial charge on any atom is 0.222 e. The van der Waals surface area contributed by atoms with Crippen molar-refractivity contribution in [1.29, 1.82) is 0 Å². The third-order valence-electron chi connectivity index (χ3n) is 3.72. The largest absolute Gasteiger partial charge is 0.340 e. The lowest BCUT2D eigenvalue weighted by molar-refractivity contribution is -0.132. The van der Waals surface area contributed by atoms with Crippen molar-refractivity contribution in [1.82, 2.24) is 9.21 Å². The van der Waals surface area contributed by atoms with Crippen molar-refractivity contribution in [2.75, 3.05) is 26.2 Å². The number of hydrogen-bond acceptors (Lipinski definition) is 3. The third-order valence-corrected chi connectivity index (χ3v) is 5.57. The Kier molecular flexibility index (Phi) is 5.00. The Labute approximate surface area is 126 Å². The lowest BCUT2D eigenvalue weighted by atomic mass is 10.2. The van der Waals surface area contributed by atoms with Crippen molar-refractivity contribution in [2.45, 2.75) is 26.0 Å². The van der Waals surface area contributed by atoms with Gasteiger partial charge in [-0.05, 0) is 12.5 Å². The normalized spacial score (nSPS) is 17.0. The van der Waals surface area contributed by atoms with Crippen molar-refractivity contribution in [3.63, 3.8) is 0 Å². The number of hydrogen-bond donors (Lipinski definition) is 0. The fourth-order valence-electron chi connectivity index (χ4n) is 2.54. The number of nitrogens with zero attached hydrogens (tertiary/aromatic N) is 2. The molecule has 1 saturated heterocycles. The zero-order valence-corrected chi connectivity index (χ0v) is 13.4. The number of carbonyl (C=O) groups is 1. The van der Waals surface area contributed by atoms with Gasteiger partial charge < -0.3 is 4.90 Å². The summed E-state index contributed by atoms with van der Waals surface area (Å²) in [6, 6.07) is 7.55. The summed E-state index contributed by atoms with van der Waals surface area (Å²) in [6.07, 6.45) is 0.468. The van der Waals surface area contributed by atoms with Crippen LogP contribution < -0.4 is 0 Å². The summed E-state index contributed by atoms with van der Waals surface area (Å²) in [4.78, 5) is 13.3. The summed E-state index contributed by atoms with van der Waals surface area (Å²) in [6.45, 7) is 5.52. The van der Waals surface area contributed by atoms with E-state index in [1.807, 2.05) is 38.1 Å². The van der Waals surface area contributed by atoms with Crippen molar-refractivity contribution >= 4 is 15.9 Å². The summed E-state index contributed by atoms with van der Waals surface area (Å²) in [5, 5.41) is 0. The van der Waals surface area contributed by atoms with Gasteiger partial charge in [-0.25, -0.2) is 8.42 Å². The van der Waals surface area contributed by atoms with E-state index >= 15 is 0 Å². The Balaban J connectivity index is 2.00. The Hall–Kier alpha value is -1.40. The Bertz CT molecular complexity index is 605. The molecule has 6 heteroatoms. The van der Waals surface area contributed by atoms with E-state index in [0.29, 0.717) is 32.6 Å². The second-order valence-electron chi connectivity index (χ2n) is 5.38. The van der Waals surface area contributed by atoms with E-state index in [4.69, 9.17) is 0 Å². The lowest BCUT2D eigenvalue weighted by Gasteiger charge is -2.34. The van der Waals surface area contributed by atoms with Gasteiger partial charge in [0.1, 0.15) is 0 Å². The number of carbonyl (C=O) groups excluding carboxylic acids is 1. The highest BCUT2D eigenvalue weighted by atomic mass is 32.2. The predicted octanol–water partition coefficient (Wildman–Crippen LogP) is 1.38. The molecule has 0 saturated carbocycles. The van der Waals surface area contributed by atoms with Crippen LogP contribution in [0.1, 0.15) is 24.5 Å². The van der Waals surface area contributed by atoms with Crippen LogP contribution in [0, 0.1) is 6.92 Å². The average Bonchev–Trinajstić information content (AvgIpc) is 2.46. The summed E-state index contributed by atoms with van der Waals surface area (Å²) < 4.78 is 26.4. The number of piperazine rings is 1. The van der Waals surface area contributed by atoms with Crippen LogP contribution in [-0.4, -0.2) is 49.7 Å². The molecule has 0 bridgehead atoms. The van der Waals surface area contributed by atoms with Crippen molar-refractivity contribution in [2.24, 2.45) is 0 Å². The van der Waals surface area contributed by atoms with Crippen LogP contribution in [0.4, 0.5) is 0 Å². The molecule has 1 aromatic carbocycles. The smallest absolute Gasteiger partial charge is 0.222 e. The molecule has 0 aliphatic carbocycles. The van der Waals surface area contributed by atoms with Crippen LogP contribution in [-0.2, 0) is 20.6 Å². The number of amides is 1. The molecule has 1 heterocycles. The van der Waals surface area contributed by atoms with Crippen molar-refractivity contribution in [3.8, 4) is 0 Å². The molecular formula is C15H22N2O3S. The van der Waals surface area contributed by atoms with Gasteiger partial charge in [0.2, 0.25) is 15.9 Å². The fourth-order valence-corrected chi connectivity index (χ4v) is 4.05. The monoisotopic (exact) mass is 310 g/mol. The molecule has 2 rings (SSSR count). The van der Waals surface area contributed by atoms with Gasteiger partial charge in [-0.3, -0.25) is 4.79 Å². The zero-order valence-electron chi connectivity index (χ0n) is 12.6. The van der Waals surface area contributed by atoms with Gasteiger partial charge in [0.25, 0.3) is 0 Å². The highest BCUT2D eigenvalue weighted by Gasteiger charge is 2.28. The minimum Gasteiger partial charge on any atom is -0.340 e. The maximum atomic E-state index is 12.4. The van der Waals surface area contributed by atoms with Gasteiger partial charge in [0.15, 0.2) is 0 Å². The summed E-state index contributed by atoms with van der Waals surface area (Å²) in [5.74, 6) is 0.113. The second kappa shape index (κ2) is 6.58. The Morgan fingerprint density at radius 3 is 2.43 bits per heavy atom. The average molecular weight is 310 g/mol. The minimum absolute atomic E-state index is 0.0242. The topological polar surface area (TPSA) is 57.7 Å². The number of aryl methyl sites for hydroxylation is 1. The highest BCUT2D eigenvalue weighted by molar-refractivity contribution is 7.88. The zero-order chi connectivity index (χ0) is 15.5. The predicted molar refractivity (Wildman–Crippen MR) is 82.2 cm³/mol. The van der Waals surface area contributed by atoms with Crippen LogP contribution in [0.15, 0.2) is 24.3 Å². The first-order chi connectivity index (χ1) is 9.92. The van der Waals surface area contributed by atoms with E-state index in [2.05, 4.69) is 0 Å². The quantitative estimate of drug-likeness (QED) is 0.844. The summed E-state index contributed by atoms with van der Waals surface area (Å²) in [5.41, 5.74) is 1.86. The summed E-state index contributed by atoms with van der Waals surface area (Å²) in [7, 11) is -3.31. The van der Waals surface area contributed by atoms with E-state index in [-0.39, 0.29) is 11.7 Å². The van der Waals surface area contributed by atoms with Crippen LogP contribution in [0.25, 0.3) is 0 Å². The number of benzene rings is 1. The molecule has 1 aliphatic heterocycles. The van der Waals surface area contributed by atoms with E-state index in [9.17, 15) is 13.2 Å². The van der Waals surface area contributed by atoms with E-state index in [1.54, 1.807) is 4.90 Å². The molecule has 0 radical (unpaired) electrons. The van der Waals surface area contributed by atoms with E-state index in [0.717, 1.165) is 11.1 Å². The first-order valence-electron chi connectivity index (χ1n) is 7.23. The first-order valence-corrected chi connectivity index (χ1v) is 8.84. The molecule has 5 nitrogen and oxygen atoms in total. The van der Waals surface area contributed by atoms with Crippen LogP contribution in [0.3, 0.4) is 0 Å². The molecule has 0 unspecified atom stereocenters. The molecule has 0 atom stereocenters. The molecular weight excluding hydrogens is 288 g/mol. The van der Waals surface area contributed by atoms with Crippen molar-refractivity contribution < 1.29 is 13.2 Å². The van der Waals surface area contributed by atoms with Gasteiger partial charge in [-0.1, -0.05) is 36.8 Å².